The van der Waals surface area contributed by atoms with Crippen LogP contribution >= 0.6 is 0 Å². The summed E-state index contributed by atoms with van der Waals surface area (Å²) in [5.74, 6) is 5.55. The summed E-state index contributed by atoms with van der Waals surface area (Å²) in [6, 6.07) is 0. The lowest BCUT2D eigenvalue weighted by Crippen LogP contribution is -2.25. The van der Waals surface area contributed by atoms with Gasteiger partial charge in [-0.1, -0.05) is 45.4 Å². The van der Waals surface area contributed by atoms with Crippen LogP contribution in [0.5, 0.6) is 0 Å². The van der Waals surface area contributed by atoms with Crippen molar-refractivity contribution in [2.24, 2.45) is 29.6 Å². The lowest BCUT2D eigenvalue weighted by molar-refractivity contribution is 0.146. The summed E-state index contributed by atoms with van der Waals surface area (Å²) in [5.41, 5.74) is 0. The summed E-state index contributed by atoms with van der Waals surface area (Å²) in [6.07, 6.45) is 17.2. The van der Waals surface area contributed by atoms with Crippen molar-refractivity contribution in [2.45, 2.75) is 77.6 Å². The molecular weight excluding hydrogens is 204 g/mol. The van der Waals surface area contributed by atoms with E-state index in [2.05, 4.69) is 6.92 Å². The van der Waals surface area contributed by atoms with Gasteiger partial charge in [-0.05, 0) is 61.7 Å². The number of hydrogen-bond acceptors (Lipinski definition) is 0. The molecule has 0 heterocycles. The molecular formula is C17H30. The van der Waals surface area contributed by atoms with E-state index in [0.717, 1.165) is 29.6 Å². The fourth-order valence-electron chi connectivity index (χ4n) is 4.48. The smallest absolute Gasteiger partial charge is 0.0386 e. The van der Waals surface area contributed by atoms with Crippen LogP contribution in [0.4, 0.5) is 0 Å². The van der Waals surface area contributed by atoms with E-state index in [1.807, 2.05) is 0 Å². The van der Waals surface area contributed by atoms with E-state index < -0.39 is 0 Å². The Kier molecular flexibility index (Phi) is 3.78. The molecule has 3 aliphatic carbocycles. The average Bonchev–Trinajstić information content (AvgIpc) is 3.15. The minimum atomic E-state index is 1.03. The Morgan fingerprint density at radius 3 is 1.47 bits per heavy atom. The minimum Gasteiger partial charge on any atom is -0.0625 e. The Balaban J connectivity index is 1.41. The molecule has 3 fully saturated rings. The SMILES string of the molecule is CC1CCC(C2CCC(CC3CC3)CC2)CC1. The van der Waals surface area contributed by atoms with Gasteiger partial charge in [-0.15, -0.1) is 0 Å². The van der Waals surface area contributed by atoms with Gasteiger partial charge in [-0.2, -0.15) is 0 Å². The van der Waals surface area contributed by atoms with E-state index in [1.54, 1.807) is 57.8 Å². The van der Waals surface area contributed by atoms with Gasteiger partial charge in [0.2, 0.25) is 0 Å². The first-order chi connectivity index (χ1) is 8.31. The zero-order valence-electron chi connectivity index (χ0n) is 11.7. The number of hydrogen-bond donors (Lipinski definition) is 0. The Labute approximate surface area is 108 Å². The highest BCUT2D eigenvalue weighted by atomic mass is 14.4. The molecule has 0 N–H and O–H groups in total. The molecule has 0 atom stereocenters. The zero-order chi connectivity index (χ0) is 11.7. The maximum Gasteiger partial charge on any atom is -0.0386 e. The van der Waals surface area contributed by atoms with Gasteiger partial charge >= 0.3 is 0 Å². The molecule has 0 bridgehead atoms. The molecule has 0 aliphatic heterocycles. The quantitative estimate of drug-likeness (QED) is 0.611. The van der Waals surface area contributed by atoms with Crippen LogP contribution in [0.25, 0.3) is 0 Å². The summed E-state index contributed by atoms with van der Waals surface area (Å²) in [6.45, 7) is 2.45. The second-order valence-corrected chi connectivity index (χ2v) is 7.48. The third-order valence-electron chi connectivity index (χ3n) is 5.98. The van der Waals surface area contributed by atoms with Crippen molar-refractivity contribution in [1.82, 2.24) is 0 Å². The summed E-state index contributed by atoms with van der Waals surface area (Å²) < 4.78 is 0. The van der Waals surface area contributed by atoms with Gasteiger partial charge in [0.05, 0.1) is 0 Å². The molecule has 0 saturated heterocycles. The van der Waals surface area contributed by atoms with Crippen molar-refractivity contribution < 1.29 is 0 Å². The molecule has 3 aliphatic rings. The molecule has 0 nitrogen and oxygen atoms in total. The van der Waals surface area contributed by atoms with E-state index in [1.165, 1.54) is 12.8 Å². The van der Waals surface area contributed by atoms with Crippen molar-refractivity contribution in [3.8, 4) is 0 Å². The Morgan fingerprint density at radius 2 is 1.00 bits per heavy atom. The third-order valence-corrected chi connectivity index (χ3v) is 5.98. The van der Waals surface area contributed by atoms with Gasteiger partial charge in [-0.25, -0.2) is 0 Å². The zero-order valence-corrected chi connectivity index (χ0v) is 11.7. The first-order valence-corrected chi connectivity index (χ1v) is 8.31. The molecule has 0 heteroatoms. The second kappa shape index (κ2) is 5.33. The van der Waals surface area contributed by atoms with Crippen LogP contribution in [-0.4, -0.2) is 0 Å². The first kappa shape index (κ1) is 12.1. The van der Waals surface area contributed by atoms with Crippen LogP contribution < -0.4 is 0 Å². The van der Waals surface area contributed by atoms with Crippen LogP contribution in [0, 0.1) is 29.6 Å². The largest absolute Gasteiger partial charge is 0.0625 e. The standard InChI is InChI=1S/C17H30/c1-13-2-8-16(9-3-13)17-10-6-15(7-11-17)12-14-4-5-14/h13-17H,2-12H2,1H3. The molecule has 0 radical (unpaired) electrons. The highest BCUT2D eigenvalue weighted by Gasteiger charge is 2.32. The third kappa shape index (κ3) is 3.26. The van der Waals surface area contributed by atoms with Crippen molar-refractivity contribution in [2.75, 3.05) is 0 Å². The molecule has 0 amide bonds. The Bertz CT molecular complexity index is 224. The van der Waals surface area contributed by atoms with Gasteiger partial charge in [0.15, 0.2) is 0 Å². The molecule has 3 rings (SSSR count). The average molecular weight is 234 g/mol. The number of rotatable bonds is 3. The summed E-state index contributed by atoms with van der Waals surface area (Å²) in [5, 5.41) is 0. The monoisotopic (exact) mass is 234 g/mol. The van der Waals surface area contributed by atoms with Crippen LogP contribution in [0.15, 0.2) is 0 Å². The van der Waals surface area contributed by atoms with Gasteiger partial charge in [0, 0.05) is 0 Å². The van der Waals surface area contributed by atoms with Crippen molar-refractivity contribution >= 4 is 0 Å². The second-order valence-electron chi connectivity index (χ2n) is 7.48. The minimum absolute atomic E-state index is 1.03. The summed E-state index contributed by atoms with van der Waals surface area (Å²) in [7, 11) is 0. The molecule has 0 aromatic carbocycles. The Hall–Kier alpha value is 0. The molecule has 0 aromatic heterocycles. The highest BCUT2D eigenvalue weighted by molar-refractivity contribution is 4.84. The predicted molar refractivity (Wildman–Crippen MR) is 73.9 cm³/mol. The molecule has 17 heavy (non-hydrogen) atoms. The van der Waals surface area contributed by atoms with Crippen LogP contribution in [0.1, 0.15) is 77.6 Å². The summed E-state index contributed by atoms with van der Waals surface area (Å²) in [4.78, 5) is 0. The maximum absolute atomic E-state index is 2.45. The fraction of sp³-hybridized carbons (Fsp3) is 1.00. The molecule has 98 valence electrons. The van der Waals surface area contributed by atoms with Crippen LogP contribution in [-0.2, 0) is 0 Å². The fourth-order valence-corrected chi connectivity index (χ4v) is 4.48. The van der Waals surface area contributed by atoms with E-state index >= 15 is 0 Å². The van der Waals surface area contributed by atoms with E-state index in [4.69, 9.17) is 0 Å². The van der Waals surface area contributed by atoms with E-state index in [-0.39, 0.29) is 0 Å². The van der Waals surface area contributed by atoms with Crippen molar-refractivity contribution in [1.29, 1.82) is 0 Å². The van der Waals surface area contributed by atoms with Gasteiger partial charge in [0.1, 0.15) is 0 Å². The topological polar surface area (TPSA) is 0 Å². The highest BCUT2D eigenvalue weighted by Crippen LogP contribution is 2.45. The van der Waals surface area contributed by atoms with Crippen LogP contribution in [0.3, 0.4) is 0 Å². The van der Waals surface area contributed by atoms with Gasteiger partial charge in [0.25, 0.3) is 0 Å². The maximum atomic E-state index is 2.45. The lowest BCUT2D eigenvalue weighted by Gasteiger charge is -2.37. The molecule has 0 unspecified atom stereocenters. The van der Waals surface area contributed by atoms with E-state index in [9.17, 15) is 0 Å². The normalized spacial score (nSPS) is 43.6. The van der Waals surface area contributed by atoms with Crippen molar-refractivity contribution in [3.05, 3.63) is 0 Å². The van der Waals surface area contributed by atoms with Crippen LogP contribution in [0.2, 0.25) is 0 Å². The van der Waals surface area contributed by atoms with E-state index in [0.29, 0.717) is 0 Å². The Morgan fingerprint density at radius 1 is 0.588 bits per heavy atom. The lowest BCUT2D eigenvalue weighted by atomic mass is 9.69. The summed E-state index contributed by atoms with van der Waals surface area (Å²) >= 11 is 0. The molecule has 3 saturated carbocycles. The molecule has 0 spiro atoms. The predicted octanol–water partition coefficient (Wildman–Crippen LogP) is 5.42. The van der Waals surface area contributed by atoms with Gasteiger partial charge < -0.3 is 0 Å². The van der Waals surface area contributed by atoms with Gasteiger partial charge in [-0.3, -0.25) is 0 Å². The first-order valence-electron chi connectivity index (χ1n) is 8.31. The van der Waals surface area contributed by atoms with Crippen molar-refractivity contribution in [3.63, 3.8) is 0 Å². The molecule has 0 aromatic rings.